The number of aryl methyl sites for hydroxylation is 2. The Labute approximate surface area is 228 Å². The van der Waals surface area contributed by atoms with Crippen LogP contribution in [-0.2, 0) is 19.1 Å². The van der Waals surface area contributed by atoms with Gasteiger partial charge in [0.05, 0.1) is 12.6 Å². The maximum Gasteiger partial charge on any atom is 0.439 e. The summed E-state index contributed by atoms with van der Waals surface area (Å²) >= 11 is 0. The van der Waals surface area contributed by atoms with E-state index in [1.807, 2.05) is 19.9 Å². The number of carbonyl (C=O) groups excluding carboxylic acids is 5. The van der Waals surface area contributed by atoms with E-state index in [4.69, 9.17) is 14.2 Å². The molecule has 0 aromatic heterocycles. The molecule has 0 unspecified atom stereocenters. The molecule has 0 aliphatic rings. The monoisotopic (exact) mass is 541 g/mol. The average molecular weight is 542 g/mol. The number of ether oxygens (including phenoxy) is 3. The van der Waals surface area contributed by atoms with Crippen LogP contribution < -0.4 is 10.1 Å². The number of amides is 4. The van der Waals surface area contributed by atoms with Gasteiger partial charge in [0.25, 0.3) is 11.8 Å². The predicted molar refractivity (Wildman–Crippen MR) is 142 cm³/mol. The molecule has 0 radical (unpaired) electrons. The molecule has 2 aromatic carbocycles. The zero-order valence-corrected chi connectivity index (χ0v) is 23.5. The topological polar surface area (TPSA) is 132 Å². The summed E-state index contributed by atoms with van der Waals surface area (Å²) in [5, 5.41) is 3.88. The molecule has 0 saturated carbocycles. The molecule has 39 heavy (non-hydrogen) atoms. The summed E-state index contributed by atoms with van der Waals surface area (Å²) in [4.78, 5) is 64.1. The highest BCUT2D eigenvalue weighted by Gasteiger charge is 2.41. The van der Waals surface area contributed by atoms with Gasteiger partial charge in [0.2, 0.25) is 12.7 Å². The number of imide groups is 1. The summed E-state index contributed by atoms with van der Waals surface area (Å²) in [7, 11) is 1.45. The summed E-state index contributed by atoms with van der Waals surface area (Å²) in [6, 6.07) is 9.94. The van der Waals surface area contributed by atoms with E-state index in [1.54, 1.807) is 52.0 Å². The zero-order valence-electron chi connectivity index (χ0n) is 23.5. The fraction of sp³-hybridized carbons (Fsp3) is 0.393. The number of rotatable bonds is 7. The first-order valence-corrected chi connectivity index (χ1v) is 12.1. The van der Waals surface area contributed by atoms with Crippen molar-refractivity contribution in [3.63, 3.8) is 0 Å². The van der Waals surface area contributed by atoms with Crippen LogP contribution in [0.4, 0.5) is 4.79 Å². The molecular formula is C28H35N3O8. The highest BCUT2D eigenvalue weighted by Crippen LogP contribution is 2.27. The van der Waals surface area contributed by atoms with Crippen molar-refractivity contribution in [2.24, 2.45) is 0 Å². The van der Waals surface area contributed by atoms with Gasteiger partial charge in [-0.3, -0.25) is 19.2 Å². The lowest BCUT2D eigenvalue weighted by molar-refractivity contribution is -0.153. The van der Waals surface area contributed by atoms with Gasteiger partial charge in [0.1, 0.15) is 12.3 Å². The van der Waals surface area contributed by atoms with Crippen molar-refractivity contribution in [1.82, 2.24) is 15.3 Å². The summed E-state index contributed by atoms with van der Waals surface area (Å²) in [5.41, 5.74) is 1.36. The van der Waals surface area contributed by atoms with Crippen LogP contribution in [0.15, 0.2) is 36.4 Å². The van der Waals surface area contributed by atoms with Crippen molar-refractivity contribution in [3.8, 4) is 5.75 Å². The van der Waals surface area contributed by atoms with Gasteiger partial charge in [-0.1, -0.05) is 23.3 Å². The van der Waals surface area contributed by atoms with Crippen LogP contribution >= 0.6 is 0 Å². The Morgan fingerprint density at radius 2 is 1.51 bits per heavy atom. The fourth-order valence-corrected chi connectivity index (χ4v) is 3.81. The molecule has 2 aromatic rings. The van der Waals surface area contributed by atoms with Crippen LogP contribution in [0.3, 0.4) is 0 Å². The third kappa shape index (κ3) is 8.03. The lowest BCUT2D eigenvalue weighted by Gasteiger charge is -2.41. The first-order chi connectivity index (χ1) is 18.2. The van der Waals surface area contributed by atoms with E-state index < -0.39 is 48.7 Å². The molecule has 0 bridgehead atoms. The largest absolute Gasteiger partial charge is 0.496 e. The molecule has 1 N–H and O–H groups in total. The maximum atomic E-state index is 13.9. The highest BCUT2D eigenvalue weighted by atomic mass is 16.7. The molecule has 0 fully saturated rings. The SMILES string of the molecule is COc1cccc(C(=O)N(C(=O)OCOC(=O)CNC(C)=O)N(C(=O)c2cc(C)cc(C)c2)C(C)(C)C)c1C. The van der Waals surface area contributed by atoms with Gasteiger partial charge in [0.15, 0.2) is 0 Å². The second kappa shape index (κ2) is 12.9. The summed E-state index contributed by atoms with van der Waals surface area (Å²) in [6.45, 7) is 10.2. The Balaban J connectivity index is 2.53. The minimum Gasteiger partial charge on any atom is -0.496 e. The predicted octanol–water partition coefficient (Wildman–Crippen LogP) is 3.69. The van der Waals surface area contributed by atoms with Gasteiger partial charge in [0, 0.05) is 23.6 Å². The number of esters is 1. The van der Waals surface area contributed by atoms with Crippen LogP contribution in [0.2, 0.25) is 0 Å². The van der Waals surface area contributed by atoms with E-state index in [9.17, 15) is 24.0 Å². The molecule has 210 valence electrons. The zero-order chi connectivity index (χ0) is 29.5. The van der Waals surface area contributed by atoms with Gasteiger partial charge in [-0.05, 0) is 65.8 Å². The molecule has 0 saturated heterocycles. The quantitative estimate of drug-likeness (QED) is 0.319. The van der Waals surface area contributed by atoms with Crippen molar-refractivity contribution in [3.05, 3.63) is 64.2 Å². The van der Waals surface area contributed by atoms with E-state index in [-0.39, 0.29) is 11.1 Å². The molecule has 4 amide bonds. The van der Waals surface area contributed by atoms with Crippen molar-refractivity contribution in [2.45, 2.75) is 54.0 Å². The smallest absolute Gasteiger partial charge is 0.439 e. The maximum absolute atomic E-state index is 13.9. The van der Waals surface area contributed by atoms with Crippen molar-refractivity contribution in [1.29, 1.82) is 0 Å². The lowest BCUT2D eigenvalue weighted by Crippen LogP contribution is -2.60. The van der Waals surface area contributed by atoms with Gasteiger partial charge in [-0.2, -0.15) is 0 Å². The molecule has 0 aliphatic carbocycles. The van der Waals surface area contributed by atoms with Crippen molar-refractivity contribution >= 4 is 29.8 Å². The standard InChI is InChI=1S/C28H35N3O8/c1-17-12-18(2)14-21(13-17)25(34)31(28(5,6)7)30(26(35)22-10-9-11-23(37-8)19(22)3)27(36)39-16-38-24(33)15-29-20(4)32/h9-14H,15-16H2,1-8H3,(H,29,32). The molecule has 0 atom stereocenters. The molecule has 11 heteroatoms. The Kier molecular flexibility index (Phi) is 10.2. The first kappa shape index (κ1) is 30.8. The van der Waals surface area contributed by atoms with Gasteiger partial charge in [-0.25, -0.2) is 9.80 Å². The Bertz CT molecular complexity index is 1250. The number of nitrogens with one attached hydrogen (secondary N) is 1. The highest BCUT2D eigenvalue weighted by molar-refractivity contribution is 6.07. The molecular weight excluding hydrogens is 506 g/mol. The summed E-state index contributed by atoms with van der Waals surface area (Å²) in [6.07, 6.45) is -1.25. The van der Waals surface area contributed by atoms with E-state index in [0.29, 0.717) is 16.3 Å². The first-order valence-electron chi connectivity index (χ1n) is 12.1. The van der Waals surface area contributed by atoms with Crippen LogP contribution in [0, 0.1) is 20.8 Å². The fourth-order valence-electron chi connectivity index (χ4n) is 3.81. The van der Waals surface area contributed by atoms with Crippen LogP contribution in [0.1, 0.15) is 65.1 Å². The Morgan fingerprint density at radius 1 is 0.897 bits per heavy atom. The van der Waals surface area contributed by atoms with E-state index >= 15 is 0 Å². The second-order valence-corrected chi connectivity index (χ2v) is 9.87. The number of methoxy groups -OCH3 is 1. The summed E-state index contributed by atoms with van der Waals surface area (Å²) in [5.74, 6) is -2.38. The Hall–Kier alpha value is -4.41. The van der Waals surface area contributed by atoms with Crippen LogP contribution in [0.5, 0.6) is 5.75 Å². The normalized spacial score (nSPS) is 10.8. The van der Waals surface area contributed by atoms with Crippen LogP contribution in [0.25, 0.3) is 0 Å². The number of benzene rings is 2. The number of hydrogen-bond acceptors (Lipinski definition) is 8. The van der Waals surface area contributed by atoms with Crippen molar-refractivity contribution in [2.75, 3.05) is 20.4 Å². The van der Waals surface area contributed by atoms with E-state index in [0.717, 1.165) is 16.1 Å². The Morgan fingerprint density at radius 3 is 2.05 bits per heavy atom. The molecule has 0 heterocycles. The van der Waals surface area contributed by atoms with Crippen molar-refractivity contribution < 1.29 is 38.2 Å². The summed E-state index contributed by atoms with van der Waals surface area (Å²) < 4.78 is 15.3. The van der Waals surface area contributed by atoms with E-state index in [2.05, 4.69) is 5.32 Å². The minimum absolute atomic E-state index is 0.0939. The molecule has 0 aliphatic heterocycles. The molecule has 2 rings (SSSR count). The molecule has 0 spiro atoms. The number of nitrogens with zero attached hydrogens (tertiary/aromatic N) is 2. The minimum atomic E-state index is -1.25. The molecule has 11 nitrogen and oxygen atoms in total. The second-order valence-electron chi connectivity index (χ2n) is 9.87. The third-order valence-electron chi connectivity index (χ3n) is 5.48. The van der Waals surface area contributed by atoms with Crippen LogP contribution in [-0.4, -0.2) is 65.8 Å². The lowest BCUT2D eigenvalue weighted by atomic mass is 10.0. The average Bonchev–Trinajstić information content (AvgIpc) is 2.83. The number of hydrazine groups is 1. The number of hydrogen-bond donors (Lipinski definition) is 1. The van der Waals surface area contributed by atoms with Gasteiger partial charge >= 0.3 is 12.1 Å². The number of carbonyl (C=O) groups is 5. The van der Waals surface area contributed by atoms with Gasteiger partial charge in [-0.15, -0.1) is 5.01 Å². The van der Waals surface area contributed by atoms with E-state index in [1.165, 1.54) is 20.1 Å². The van der Waals surface area contributed by atoms with Gasteiger partial charge < -0.3 is 19.5 Å². The third-order valence-corrected chi connectivity index (χ3v) is 5.48.